The van der Waals surface area contributed by atoms with Gasteiger partial charge >= 0.3 is 0 Å². The summed E-state index contributed by atoms with van der Waals surface area (Å²) in [7, 11) is 4.94. The Balaban J connectivity index is 1.81. The highest BCUT2D eigenvalue weighted by Crippen LogP contribution is 2.27. The van der Waals surface area contributed by atoms with Crippen LogP contribution in [0.15, 0.2) is 30.5 Å². The Morgan fingerprint density at radius 1 is 1.25 bits per heavy atom. The Morgan fingerprint density at radius 3 is 2.62 bits per heavy atom. The van der Waals surface area contributed by atoms with E-state index in [1.54, 1.807) is 38.2 Å². The van der Waals surface area contributed by atoms with Crippen molar-refractivity contribution in [3.05, 3.63) is 41.7 Å². The third kappa shape index (κ3) is 4.69. The minimum atomic E-state index is -0.334. The molecule has 0 aliphatic rings. The van der Waals surface area contributed by atoms with Crippen LogP contribution >= 0.6 is 12.2 Å². The second-order valence-corrected chi connectivity index (χ2v) is 5.43. The van der Waals surface area contributed by atoms with E-state index < -0.39 is 0 Å². The molecule has 2 N–H and O–H groups in total. The van der Waals surface area contributed by atoms with E-state index in [0.29, 0.717) is 23.7 Å². The molecule has 2 rings (SSSR count). The number of methoxy groups -OCH3 is 2. The summed E-state index contributed by atoms with van der Waals surface area (Å²) in [6, 6.07) is 7.35. The molecule has 8 heteroatoms. The molecule has 1 heterocycles. The van der Waals surface area contributed by atoms with Gasteiger partial charge in [-0.05, 0) is 42.4 Å². The number of rotatable bonds is 6. The lowest BCUT2D eigenvalue weighted by atomic mass is 10.1. The lowest BCUT2D eigenvalue weighted by Crippen LogP contribution is -2.40. The van der Waals surface area contributed by atoms with E-state index in [1.807, 2.05) is 18.2 Å². The van der Waals surface area contributed by atoms with Gasteiger partial charge in [0.15, 0.2) is 22.3 Å². The molecule has 0 bridgehead atoms. The number of thiocarbonyl (C=S) groups is 1. The fraction of sp³-hybridized carbons (Fsp3) is 0.312. The van der Waals surface area contributed by atoms with Gasteiger partial charge in [-0.3, -0.25) is 14.8 Å². The first-order valence-corrected chi connectivity index (χ1v) is 7.74. The molecule has 0 aliphatic heterocycles. The molecule has 0 saturated heterocycles. The zero-order valence-corrected chi connectivity index (χ0v) is 14.6. The van der Waals surface area contributed by atoms with Crippen molar-refractivity contribution in [1.29, 1.82) is 0 Å². The highest BCUT2D eigenvalue weighted by atomic mass is 32.1. The van der Waals surface area contributed by atoms with E-state index in [9.17, 15) is 4.79 Å². The molecular weight excluding hydrogens is 328 g/mol. The number of nitrogens with zero attached hydrogens (tertiary/aromatic N) is 2. The fourth-order valence-corrected chi connectivity index (χ4v) is 2.30. The average Bonchev–Trinajstić information content (AvgIpc) is 3.01. The van der Waals surface area contributed by atoms with Crippen LogP contribution in [-0.4, -0.2) is 41.6 Å². The molecule has 1 aromatic heterocycles. The second kappa shape index (κ2) is 8.30. The van der Waals surface area contributed by atoms with E-state index in [2.05, 4.69) is 15.7 Å². The molecule has 0 saturated carbocycles. The highest BCUT2D eigenvalue weighted by Gasteiger charge is 2.10. The molecule has 7 nitrogen and oxygen atoms in total. The highest BCUT2D eigenvalue weighted by molar-refractivity contribution is 7.80. The summed E-state index contributed by atoms with van der Waals surface area (Å²) in [5, 5.41) is 9.88. The summed E-state index contributed by atoms with van der Waals surface area (Å²) in [6.07, 6.45) is 2.42. The lowest BCUT2D eigenvalue weighted by Gasteiger charge is -2.11. The van der Waals surface area contributed by atoms with Crippen molar-refractivity contribution < 1.29 is 14.3 Å². The van der Waals surface area contributed by atoms with Crippen LogP contribution in [0.2, 0.25) is 0 Å². The van der Waals surface area contributed by atoms with Crippen LogP contribution in [0.3, 0.4) is 0 Å². The van der Waals surface area contributed by atoms with Gasteiger partial charge in [0.1, 0.15) is 0 Å². The lowest BCUT2D eigenvalue weighted by molar-refractivity contribution is 0.0971. The summed E-state index contributed by atoms with van der Waals surface area (Å²) in [5.74, 6) is 1.03. The van der Waals surface area contributed by atoms with E-state index in [0.717, 1.165) is 12.0 Å². The summed E-state index contributed by atoms with van der Waals surface area (Å²) < 4.78 is 12.0. The van der Waals surface area contributed by atoms with Gasteiger partial charge in [0.2, 0.25) is 0 Å². The predicted molar refractivity (Wildman–Crippen MR) is 94.5 cm³/mol. The van der Waals surface area contributed by atoms with Gasteiger partial charge < -0.3 is 14.8 Å². The summed E-state index contributed by atoms with van der Waals surface area (Å²) >= 11 is 5.12. The van der Waals surface area contributed by atoms with E-state index in [-0.39, 0.29) is 11.0 Å². The maximum Gasteiger partial charge on any atom is 0.277 e. The van der Waals surface area contributed by atoms with E-state index >= 15 is 0 Å². The van der Waals surface area contributed by atoms with Crippen molar-refractivity contribution in [3.8, 4) is 11.5 Å². The van der Waals surface area contributed by atoms with Gasteiger partial charge in [0.25, 0.3) is 5.91 Å². The number of carbonyl (C=O) groups is 1. The minimum Gasteiger partial charge on any atom is -0.493 e. The third-order valence-corrected chi connectivity index (χ3v) is 3.57. The summed E-state index contributed by atoms with van der Waals surface area (Å²) in [4.78, 5) is 11.9. The molecule has 0 aliphatic carbocycles. The molecule has 0 atom stereocenters. The Morgan fingerprint density at radius 2 is 2.00 bits per heavy atom. The fourth-order valence-electron chi connectivity index (χ4n) is 2.10. The Kier molecular flexibility index (Phi) is 6.14. The van der Waals surface area contributed by atoms with Gasteiger partial charge in [-0.2, -0.15) is 5.10 Å². The first kappa shape index (κ1) is 17.7. The predicted octanol–water partition coefficient (Wildman–Crippen LogP) is 1.28. The van der Waals surface area contributed by atoms with E-state index in [1.165, 1.54) is 0 Å². The number of hydrogen-bond acceptors (Lipinski definition) is 5. The largest absolute Gasteiger partial charge is 0.493 e. The Labute approximate surface area is 145 Å². The molecule has 0 radical (unpaired) electrons. The molecule has 1 aromatic carbocycles. The molecular formula is C16H20N4O3S. The third-order valence-electron chi connectivity index (χ3n) is 3.32. The van der Waals surface area contributed by atoms with Gasteiger partial charge in [-0.1, -0.05) is 6.07 Å². The molecule has 128 valence electrons. The quantitative estimate of drug-likeness (QED) is 0.766. The topological polar surface area (TPSA) is 77.4 Å². The first-order valence-electron chi connectivity index (χ1n) is 7.33. The minimum absolute atomic E-state index is 0.270. The van der Waals surface area contributed by atoms with Crippen LogP contribution in [-0.2, 0) is 13.5 Å². The maximum atomic E-state index is 11.9. The summed E-state index contributed by atoms with van der Waals surface area (Å²) in [6.45, 7) is 0.580. The number of amides is 1. The van der Waals surface area contributed by atoms with Crippen molar-refractivity contribution >= 4 is 23.2 Å². The van der Waals surface area contributed by atoms with Crippen molar-refractivity contribution in [3.63, 3.8) is 0 Å². The molecule has 0 fully saturated rings. The van der Waals surface area contributed by atoms with Crippen LogP contribution in [0.1, 0.15) is 16.1 Å². The molecule has 0 unspecified atom stereocenters. The van der Waals surface area contributed by atoms with E-state index in [4.69, 9.17) is 21.7 Å². The zero-order valence-electron chi connectivity index (χ0n) is 13.8. The average molecular weight is 348 g/mol. The zero-order chi connectivity index (χ0) is 17.5. The SMILES string of the molecule is COc1ccc(CCNC(=S)NC(=O)c2ccn(C)n2)cc1OC. The maximum absolute atomic E-state index is 11.9. The van der Waals surface area contributed by atoms with Crippen LogP contribution in [0.5, 0.6) is 11.5 Å². The van der Waals surface area contributed by atoms with Crippen molar-refractivity contribution in [2.45, 2.75) is 6.42 Å². The number of ether oxygens (including phenoxy) is 2. The number of aromatic nitrogens is 2. The number of aryl methyl sites for hydroxylation is 1. The van der Waals surface area contributed by atoms with Crippen LogP contribution < -0.4 is 20.1 Å². The number of carbonyl (C=O) groups excluding carboxylic acids is 1. The smallest absolute Gasteiger partial charge is 0.277 e. The Hall–Kier alpha value is -2.61. The first-order chi connectivity index (χ1) is 11.5. The van der Waals surface area contributed by atoms with Crippen molar-refractivity contribution in [2.24, 2.45) is 7.05 Å². The van der Waals surface area contributed by atoms with Crippen LogP contribution in [0, 0.1) is 0 Å². The van der Waals surface area contributed by atoms with Gasteiger partial charge in [0.05, 0.1) is 14.2 Å². The van der Waals surface area contributed by atoms with Gasteiger partial charge in [-0.15, -0.1) is 0 Å². The van der Waals surface area contributed by atoms with Crippen molar-refractivity contribution in [1.82, 2.24) is 20.4 Å². The number of hydrogen-bond donors (Lipinski definition) is 2. The number of nitrogens with one attached hydrogen (secondary N) is 2. The Bertz CT molecular complexity index is 730. The molecule has 24 heavy (non-hydrogen) atoms. The van der Waals surface area contributed by atoms with Crippen LogP contribution in [0.4, 0.5) is 0 Å². The molecule has 1 amide bonds. The molecule has 0 spiro atoms. The second-order valence-electron chi connectivity index (χ2n) is 5.02. The van der Waals surface area contributed by atoms with Crippen LogP contribution in [0.25, 0.3) is 0 Å². The molecule has 2 aromatic rings. The van der Waals surface area contributed by atoms with Gasteiger partial charge in [-0.25, -0.2) is 0 Å². The summed E-state index contributed by atoms with van der Waals surface area (Å²) in [5.41, 5.74) is 1.39. The number of benzene rings is 1. The normalized spacial score (nSPS) is 10.1. The standard InChI is InChI=1S/C16H20N4O3S/c1-20-9-7-12(19-20)15(21)18-16(24)17-8-6-11-4-5-13(22-2)14(10-11)23-3/h4-5,7,9-10H,6,8H2,1-3H3,(H2,17,18,21,24). The van der Waals surface area contributed by atoms with Gasteiger partial charge in [0, 0.05) is 19.8 Å². The monoisotopic (exact) mass is 348 g/mol. The van der Waals surface area contributed by atoms with Crippen molar-refractivity contribution in [2.75, 3.05) is 20.8 Å².